The zero-order chi connectivity index (χ0) is 19.5. The summed E-state index contributed by atoms with van der Waals surface area (Å²) in [5, 5.41) is 0. The minimum Gasteiger partial charge on any atom is -0.493 e. The molecule has 2 nitrogen and oxygen atoms in total. The van der Waals surface area contributed by atoms with Gasteiger partial charge >= 0.3 is 18.0 Å². The van der Waals surface area contributed by atoms with Crippen LogP contribution in [0, 0.1) is 5.92 Å². The maximum atomic E-state index is 13.9. The third-order valence-corrected chi connectivity index (χ3v) is 3.46. The molecule has 1 aromatic rings. The second-order valence-electron chi connectivity index (χ2n) is 6.00. The van der Waals surface area contributed by atoms with Gasteiger partial charge in [0.1, 0.15) is 5.75 Å². The van der Waals surface area contributed by atoms with Crippen LogP contribution in [0.25, 0.3) is 0 Å². The lowest BCUT2D eigenvalue weighted by Crippen LogP contribution is -2.54. The molecule has 1 rings (SSSR count). The van der Waals surface area contributed by atoms with Crippen molar-refractivity contribution in [3.8, 4) is 5.75 Å². The summed E-state index contributed by atoms with van der Waals surface area (Å²) in [4.78, 5) is 0. The summed E-state index contributed by atoms with van der Waals surface area (Å²) >= 11 is 0. The lowest BCUT2D eigenvalue weighted by Gasteiger charge is -2.32. The molecule has 0 N–H and O–H groups in total. The second kappa shape index (κ2) is 7.80. The molecule has 0 saturated carbocycles. The summed E-state index contributed by atoms with van der Waals surface area (Å²) in [5.41, 5.74) is -5.42. The van der Waals surface area contributed by atoms with Crippen LogP contribution in [0.2, 0.25) is 0 Å². The summed E-state index contributed by atoms with van der Waals surface area (Å²) < 4.78 is 100. The molecular formula is C16H19F7O2. The van der Waals surface area contributed by atoms with Crippen molar-refractivity contribution in [2.75, 3.05) is 13.7 Å². The normalized spacial score (nSPS) is 14.7. The number of hydrogen-bond acceptors (Lipinski definition) is 2. The van der Waals surface area contributed by atoms with Gasteiger partial charge in [-0.3, -0.25) is 0 Å². The summed E-state index contributed by atoms with van der Waals surface area (Å²) in [5.74, 6) is 0.410. The van der Waals surface area contributed by atoms with E-state index in [1.165, 1.54) is 24.3 Å². The molecule has 0 aromatic heterocycles. The third-order valence-electron chi connectivity index (χ3n) is 3.46. The van der Waals surface area contributed by atoms with Gasteiger partial charge in [-0.1, -0.05) is 26.0 Å². The first-order valence-electron chi connectivity index (χ1n) is 7.39. The zero-order valence-electron chi connectivity index (χ0n) is 13.8. The molecular weight excluding hydrogens is 357 g/mol. The maximum Gasteiger partial charge on any atom is 0.431 e. The van der Waals surface area contributed by atoms with Crippen molar-refractivity contribution in [1.82, 2.24) is 0 Å². The van der Waals surface area contributed by atoms with Gasteiger partial charge in [-0.2, -0.15) is 26.3 Å². The first-order chi connectivity index (χ1) is 11.3. The van der Waals surface area contributed by atoms with E-state index in [4.69, 9.17) is 9.47 Å². The van der Waals surface area contributed by atoms with Crippen molar-refractivity contribution >= 4 is 0 Å². The van der Waals surface area contributed by atoms with Crippen molar-refractivity contribution in [1.29, 1.82) is 0 Å². The van der Waals surface area contributed by atoms with E-state index in [1.54, 1.807) is 0 Å². The van der Waals surface area contributed by atoms with E-state index < -0.39 is 30.5 Å². The summed E-state index contributed by atoms with van der Waals surface area (Å²) in [6, 6.07) is 5.38. The number of rotatable bonds is 7. The van der Waals surface area contributed by atoms with Crippen molar-refractivity contribution in [2.45, 2.75) is 44.4 Å². The second-order valence-corrected chi connectivity index (χ2v) is 6.00. The molecule has 0 spiro atoms. The third kappa shape index (κ3) is 5.23. The summed E-state index contributed by atoms with van der Waals surface area (Å²) in [6.07, 6.45) is -15.9. The van der Waals surface area contributed by atoms with Crippen LogP contribution in [0.5, 0.6) is 5.75 Å². The van der Waals surface area contributed by atoms with Gasteiger partial charge in [0.25, 0.3) is 0 Å². The Labute approximate surface area is 140 Å². The van der Waals surface area contributed by atoms with Crippen LogP contribution in [0.4, 0.5) is 30.7 Å². The number of alkyl halides is 7. The Morgan fingerprint density at radius 2 is 1.52 bits per heavy atom. The first kappa shape index (κ1) is 21.5. The van der Waals surface area contributed by atoms with E-state index in [0.29, 0.717) is 6.61 Å². The molecule has 0 aliphatic carbocycles. The predicted octanol–water partition coefficient (Wildman–Crippen LogP) is 5.63. The van der Waals surface area contributed by atoms with Gasteiger partial charge in [-0.05, 0) is 23.6 Å². The Balaban J connectivity index is 3.11. The Morgan fingerprint density at radius 1 is 0.960 bits per heavy atom. The molecule has 0 aliphatic rings. The molecule has 0 fully saturated rings. The van der Waals surface area contributed by atoms with Gasteiger partial charge in [-0.15, -0.1) is 0 Å². The topological polar surface area (TPSA) is 18.5 Å². The van der Waals surface area contributed by atoms with E-state index in [9.17, 15) is 30.7 Å². The summed E-state index contributed by atoms with van der Waals surface area (Å²) in [6.45, 7) is 4.04. The lowest BCUT2D eigenvalue weighted by molar-refractivity contribution is -0.348. The highest BCUT2D eigenvalue weighted by Gasteiger charge is 2.72. The Hall–Kier alpha value is -1.51. The average Bonchev–Trinajstić information content (AvgIpc) is 2.48. The lowest BCUT2D eigenvalue weighted by atomic mass is 9.92. The van der Waals surface area contributed by atoms with Crippen LogP contribution >= 0.6 is 0 Å². The first-order valence-corrected chi connectivity index (χ1v) is 7.39. The minimum atomic E-state index is -6.12. The molecule has 0 radical (unpaired) electrons. The largest absolute Gasteiger partial charge is 0.493 e. The quantitative estimate of drug-likeness (QED) is 0.574. The highest BCUT2D eigenvalue weighted by Crippen LogP contribution is 2.51. The molecule has 0 amide bonds. The van der Waals surface area contributed by atoms with Gasteiger partial charge < -0.3 is 9.47 Å². The van der Waals surface area contributed by atoms with E-state index in [2.05, 4.69) is 0 Å². The number of ether oxygens (including phenoxy) is 2. The van der Waals surface area contributed by atoms with Crippen LogP contribution in [0.15, 0.2) is 24.3 Å². The van der Waals surface area contributed by atoms with Crippen molar-refractivity contribution in [3.05, 3.63) is 29.8 Å². The minimum absolute atomic E-state index is 0.0423. The van der Waals surface area contributed by atoms with Crippen LogP contribution in [0.1, 0.15) is 31.9 Å². The van der Waals surface area contributed by atoms with Gasteiger partial charge in [-0.25, -0.2) is 4.39 Å². The standard InChI is InChI=1S/C16H19F7O2/c1-10(2)9-25-12-6-4-5-11(7-12)13(24-3)8-14(17,15(18,19)20)16(21,22)23/h4-7,10,13H,8-9H2,1-3H3. The summed E-state index contributed by atoms with van der Waals surface area (Å²) in [7, 11) is 0.916. The average molecular weight is 376 g/mol. The molecule has 0 saturated heterocycles. The van der Waals surface area contributed by atoms with Crippen LogP contribution in [-0.4, -0.2) is 31.7 Å². The van der Waals surface area contributed by atoms with Gasteiger partial charge in [0.2, 0.25) is 0 Å². The molecule has 9 heteroatoms. The molecule has 0 bridgehead atoms. The van der Waals surface area contributed by atoms with Gasteiger partial charge in [0, 0.05) is 13.5 Å². The molecule has 25 heavy (non-hydrogen) atoms. The number of halogens is 7. The van der Waals surface area contributed by atoms with Crippen molar-refractivity contribution < 1.29 is 40.2 Å². The highest BCUT2D eigenvalue weighted by molar-refractivity contribution is 5.30. The fraction of sp³-hybridized carbons (Fsp3) is 0.625. The molecule has 1 unspecified atom stereocenters. The molecule has 0 heterocycles. The van der Waals surface area contributed by atoms with E-state index in [-0.39, 0.29) is 17.2 Å². The van der Waals surface area contributed by atoms with Crippen LogP contribution < -0.4 is 4.74 Å². The van der Waals surface area contributed by atoms with Crippen LogP contribution in [0.3, 0.4) is 0 Å². The van der Waals surface area contributed by atoms with E-state index in [1.807, 2.05) is 13.8 Å². The van der Waals surface area contributed by atoms with E-state index >= 15 is 0 Å². The van der Waals surface area contributed by atoms with Gasteiger partial charge in [0.05, 0.1) is 12.7 Å². The smallest absolute Gasteiger partial charge is 0.431 e. The Kier molecular flexibility index (Phi) is 6.72. The Morgan fingerprint density at radius 3 is 1.96 bits per heavy atom. The molecule has 144 valence electrons. The highest BCUT2D eigenvalue weighted by atomic mass is 19.4. The molecule has 1 atom stereocenters. The van der Waals surface area contributed by atoms with Crippen molar-refractivity contribution in [3.63, 3.8) is 0 Å². The number of methoxy groups -OCH3 is 1. The van der Waals surface area contributed by atoms with Gasteiger partial charge in [0.15, 0.2) is 0 Å². The number of hydrogen-bond donors (Lipinski definition) is 0. The predicted molar refractivity (Wildman–Crippen MR) is 77.1 cm³/mol. The zero-order valence-corrected chi connectivity index (χ0v) is 13.8. The Bertz CT molecular complexity index is 538. The molecule has 1 aromatic carbocycles. The maximum absolute atomic E-state index is 13.9. The van der Waals surface area contributed by atoms with Crippen LogP contribution in [-0.2, 0) is 4.74 Å². The monoisotopic (exact) mass is 376 g/mol. The SMILES string of the molecule is COC(CC(F)(C(F)(F)F)C(F)(F)F)c1cccc(OCC(C)C)c1. The van der Waals surface area contributed by atoms with Crippen molar-refractivity contribution in [2.24, 2.45) is 5.92 Å². The van der Waals surface area contributed by atoms with E-state index in [0.717, 1.165) is 7.11 Å². The molecule has 0 aliphatic heterocycles. The number of benzene rings is 1. The fourth-order valence-corrected chi connectivity index (χ4v) is 2.05. The fourth-order valence-electron chi connectivity index (χ4n) is 2.05.